The van der Waals surface area contributed by atoms with E-state index in [0.29, 0.717) is 50.1 Å². The Labute approximate surface area is 292 Å². The zero-order valence-electron chi connectivity index (χ0n) is 28.1. The van der Waals surface area contributed by atoms with Crippen molar-refractivity contribution in [3.05, 3.63) is 81.2 Å². The molecule has 5 aliphatic heterocycles. The van der Waals surface area contributed by atoms with E-state index in [0.717, 1.165) is 51.1 Å². The van der Waals surface area contributed by atoms with E-state index in [-0.39, 0.29) is 25.0 Å². The fourth-order valence-corrected chi connectivity index (χ4v) is 7.33. The maximum Gasteiger partial charge on any atom is 0.187 e. The Hall–Kier alpha value is -4.71. The van der Waals surface area contributed by atoms with Crippen molar-refractivity contribution in [2.75, 3.05) is 6.54 Å². The van der Waals surface area contributed by atoms with Gasteiger partial charge in [0.2, 0.25) is 0 Å². The number of ketones is 1. The van der Waals surface area contributed by atoms with Crippen molar-refractivity contribution in [3.8, 4) is 35.4 Å². The molecule has 0 fully saturated rings. The number of benzene rings is 2. The Balaban J connectivity index is 1.17. The highest BCUT2D eigenvalue weighted by Gasteiger charge is 2.36. The molecule has 10 heteroatoms. The molecule has 2 aromatic carbocycles. The molecule has 2 aromatic rings. The van der Waals surface area contributed by atoms with Gasteiger partial charge in [0, 0.05) is 62.9 Å². The van der Waals surface area contributed by atoms with Crippen LogP contribution in [0.25, 0.3) is 0 Å². The van der Waals surface area contributed by atoms with Gasteiger partial charge < -0.3 is 35.4 Å². The summed E-state index contributed by atoms with van der Waals surface area (Å²) in [5.74, 6) is 9.99. The number of hydrogen-bond donors (Lipinski definition) is 4. The Morgan fingerprint density at radius 1 is 1.12 bits per heavy atom. The lowest BCUT2D eigenvalue weighted by molar-refractivity contribution is -0.121. The minimum atomic E-state index is -1.05. The molecule has 258 valence electrons. The van der Waals surface area contributed by atoms with Gasteiger partial charge in [-0.25, -0.2) is 0 Å². The van der Waals surface area contributed by atoms with E-state index < -0.39 is 36.6 Å². The van der Waals surface area contributed by atoms with E-state index in [9.17, 15) is 20.1 Å². The number of aliphatic hydroxyl groups excluding tert-OH is 3. The van der Waals surface area contributed by atoms with E-state index in [1.807, 2.05) is 49.8 Å². The number of nitrogens with zero attached hydrogens (tertiary/aromatic N) is 3. The number of carbonyl (C=O) groups excluding carboxylic acids is 1. The van der Waals surface area contributed by atoms with E-state index in [1.165, 1.54) is 0 Å². The maximum absolute atomic E-state index is 12.7. The summed E-state index contributed by atoms with van der Waals surface area (Å²) in [7, 11) is 0. The first-order chi connectivity index (χ1) is 24.3. The van der Waals surface area contributed by atoms with Gasteiger partial charge in [0.1, 0.15) is 24.2 Å². The van der Waals surface area contributed by atoms with Crippen molar-refractivity contribution in [2.45, 2.75) is 95.4 Å². The Morgan fingerprint density at radius 3 is 2.84 bits per heavy atom. The van der Waals surface area contributed by atoms with Crippen molar-refractivity contribution in [1.29, 1.82) is 0 Å². The van der Waals surface area contributed by atoms with Crippen LogP contribution in [-0.4, -0.2) is 63.4 Å². The number of Topliss-reactive ketones (excluding diaryl/α,β-unsaturated/α-hetero) is 1. The molecule has 0 saturated heterocycles. The van der Waals surface area contributed by atoms with Crippen LogP contribution in [0.4, 0.5) is 0 Å². The zero-order valence-corrected chi connectivity index (χ0v) is 28.1. The number of fused-ring (bicyclic) bond motifs is 7. The number of nitrogens with two attached hydrogens (primary N) is 1. The number of rotatable bonds is 9. The molecule has 0 spiro atoms. The molecular weight excluding hydrogens is 632 g/mol. The minimum Gasteiger partial charge on any atom is -0.465 e. The fraction of sp³-hybridized carbons (Fsp3) is 0.425. The normalized spacial score (nSPS) is 23.9. The molecule has 6 atom stereocenters. The molecule has 6 unspecified atom stereocenters. The molecule has 0 amide bonds. The minimum absolute atomic E-state index is 0.00782. The molecule has 0 aromatic heterocycles. The van der Waals surface area contributed by atoms with Gasteiger partial charge in [0.15, 0.2) is 17.7 Å². The van der Waals surface area contributed by atoms with Gasteiger partial charge >= 0.3 is 0 Å². The van der Waals surface area contributed by atoms with E-state index in [4.69, 9.17) is 20.2 Å². The van der Waals surface area contributed by atoms with Crippen LogP contribution < -0.4 is 15.2 Å². The highest BCUT2D eigenvalue weighted by atomic mass is 16.5. The summed E-state index contributed by atoms with van der Waals surface area (Å²) in [5, 5.41) is 31.9. The van der Waals surface area contributed by atoms with E-state index in [2.05, 4.69) is 33.8 Å². The predicted octanol–water partition coefficient (Wildman–Crippen LogP) is 3.97. The standard InChI is InChI=1S/C40H42N4O6/c1-2-4-27(45)19-29(47)20-28(46)9-6-24-7-13-37-38(17-24)50-40-25(5-3-16-49-37)8-12-36(48)31-10-11-32-30(14-15-42-39(32)41)33(31)18-26-21-43-35-23-44(40)22-34(26)35/h7,10-11,13,15,17,21,23,25,27,29,36,39-40,45,47-48H,2,4-6,9,14,18-20,22,41H2,1H3. The average Bonchev–Trinajstić information content (AvgIpc) is 3.69. The molecule has 10 nitrogen and oxygen atoms in total. The van der Waals surface area contributed by atoms with E-state index in [1.54, 1.807) is 6.07 Å². The SMILES string of the molecule is CCCC(O)CC(O)CC(=O)CCc1ccc2c(c1)OC1C(C#CC(O)c3ccc4c(c3CC3=C5CN1C=C5N=C3)CC=NC4N)CC#CO2. The summed E-state index contributed by atoms with van der Waals surface area (Å²) >= 11 is 0. The molecule has 0 aliphatic carbocycles. The Kier molecular flexibility index (Phi) is 9.89. The van der Waals surface area contributed by atoms with Gasteiger partial charge in [0.25, 0.3) is 0 Å². The smallest absolute Gasteiger partial charge is 0.187 e. The first-order valence-corrected chi connectivity index (χ1v) is 17.4. The number of ether oxygens (including phenoxy) is 2. The van der Waals surface area contributed by atoms with Crippen molar-refractivity contribution in [2.24, 2.45) is 21.6 Å². The van der Waals surface area contributed by atoms with Gasteiger partial charge in [-0.15, -0.1) is 0 Å². The molecule has 0 radical (unpaired) electrons. The van der Waals surface area contributed by atoms with Crippen LogP contribution in [0.5, 0.6) is 11.5 Å². The third-order valence-electron chi connectivity index (χ3n) is 9.94. The van der Waals surface area contributed by atoms with Crippen LogP contribution in [0.1, 0.15) is 85.5 Å². The summed E-state index contributed by atoms with van der Waals surface area (Å²) in [6, 6.07) is 9.41. The zero-order chi connectivity index (χ0) is 34.8. The highest BCUT2D eigenvalue weighted by molar-refractivity contribution is 5.88. The first kappa shape index (κ1) is 33.8. The second-order valence-corrected chi connectivity index (χ2v) is 13.6. The number of aliphatic imine (C=N–C) groups is 2. The lowest BCUT2D eigenvalue weighted by Gasteiger charge is -2.32. The summed E-state index contributed by atoms with van der Waals surface area (Å²) in [4.78, 5) is 24.0. The number of aliphatic hydroxyl groups is 3. The molecule has 2 bridgehead atoms. The van der Waals surface area contributed by atoms with Gasteiger partial charge in [-0.3, -0.25) is 14.8 Å². The topological polar surface area (TPSA) is 150 Å². The summed E-state index contributed by atoms with van der Waals surface area (Å²) < 4.78 is 12.6. The number of aryl methyl sites for hydroxylation is 1. The summed E-state index contributed by atoms with van der Waals surface area (Å²) in [6.07, 6.45) is 8.90. The maximum atomic E-state index is 12.7. The van der Waals surface area contributed by atoms with Crippen molar-refractivity contribution in [1.82, 2.24) is 4.90 Å². The van der Waals surface area contributed by atoms with Gasteiger partial charge in [0.05, 0.1) is 23.8 Å². The predicted molar refractivity (Wildman–Crippen MR) is 189 cm³/mol. The Morgan fingerprint density at radius 2 is 1.98 bits per heavy atom. The van der Waals surface area contributed by atoms with Crippen molar-refractivity contribution < 1.29 is 29.6 Å². The van der Waals surface area contributed by atoms with Crippen LogP contribution in [0.15, 0.2) is 63.4 Å². The van der Waals surface area contributed by atoms with Crippen LogP contribution in [0, 0.1) is 29.8 Å². The van der Waals surface area contributed by atoms with Gasteiger partial charge in [-0.1, -0.05) is 49.3 Å². The van der Waals surface area contributed by atoms with Gasteiger partial charge in [-0.05, 0) is 64.8 Å². The van der Waals surface area contributed by atoms with Crippen molar-refractivity contribution in [3.63, 3.8) is 0 Å². The molecule has 50 heavy (non-hydrogen) atoms. The first-order valence-electron chi connectivity index (χ1n) is 17.4. The third-order valence-corrected chi connectivity index (χ3v) is 9.94. The van der Waals surface area contributed by atoms with Crippen LogP contribution in [0.2, 0.25) is 0 Å². The number of allylic oxidation sites excluding steroid dienone is 1. The second-order valence-electron chi connectivity index (χ2n) is 13.6. The lowest BCUT2D eigenvalue weighted by atomic mass is 9.85. The molecule has 0 saturated carbocycles. The fourth-order valence-electron chi connectivity index (χ4n) is 7.33. The lowest BCUT2D eigenvalue weighted by Crippen LogP contribution is -2.41. The summed E-state index contributed by atoms with van der Waals surface area (Å²) in [5.41, 5.74) is 14.1. The average molecular weight is 675 g/mol. The largest absolute Gasteiger partial charge is 0.465 e. The number of hydrogen-bond acceptors (Lipinski definition) is 10. The van der Waals surface area contributed by atoms with Crippen molar-refractivity contribution >= 4 is 18.2 Å². The molecule has 5 aliphatic rings. The highest BCUT2D eigenvalue weighted by Crippen LogP contribution is 2.39. The molecule has 5 heterocycles. The summed E-state index contributed by atoms with van der Waals surface area (Å²) in [6.45, 7) is 2.54. The quantitative estimate of drug-likeness (QED) is 0.292. The van der Waals surface area contributed by atoms with E-state index >= 15 is 0 Å². The molecular formula is C40H42N4O6. The monoisotopic (exact) mass is 674 g/mol. The third kappa shape index (κ3) is 7.12. The van der Waals surface area contributed by atoms with Crippen LogP contribution in [-0.2, 0) is 24.1 Å². The van der Waals surface area contributed by atoms with Gasteiger partial charge in [-0.2, -0.15) is 0 Å². The Bertz CT molecular complexity index is 1920. The molecule has 5 N–H and O–H groups in total. The van der Waals surface area contributed by atoms with Crippen LogP contribution >= 0.6 is 0 Å². The molecule has 7 rings (SSSR count). The second kappa shape index (κ2) is 14.6. The number of carbonyl (C=O) groups is 1. The van der Waals surface area contributed by atoms with Crippen LogP contribution in [0.3, 0.4) is 0 Å².